The van der Waals surface area contributed by atoms with E-state index in [-0.39, 0.29) is 6.61 Å². The van der Waals surface area contributed by atoms with Gasteiger partial charge in [-0.3, -0.25) is 9.67 Å². The van der Waals surface area contributed by atoms with Crippen LogP contribution in [0, 0.1) is 12.7 Å². The lowest BCUT2D eigenvalue weighted by Gasteiger charge is -2.18. The first-order chi connectivity index (χ1) is 15.6. The highest BCUT2D eigenvalue weighted by Crippen LogP contribution is 2.36. The lowest BCUT2D eigenvalue weighted by molar-refractivity contribution is 0.114. The molecule has 1 atom stereocenters. The van der Waals surface area contributed by atoms with E-state index in [9.17, 15) is 9.50 Å². The first-order valence-electron chi connectivity index (χ1n) is 10.3. The minimum absolute atomic E-state index is 0.338. The molecule has 0 fully saturated rings. The van der Waals surface area contributed by atoms with Crippen LogP contribution in [0.2, 0.25) is 0 Å². The van der Waals surface area contributed by atoms with E-state index in [2.05, 4.69) is 22.3 Å². The Hall–Kier alpha value is -3.50. The number of nitrogens with one attached hydrogen (secondary N) is 1. The van der Waals surface area contributed by atoms with Gasteiger partial charge in [0, 0.05) is 24.8 Å². The number of halogens is 1. The van der Waals surface area contributed by atoms with E-state index in [0.717, 1.165) is 48.3 Å². The van der Waals surface area contributed by atoms with Gasteiger partial charge in [0.25, 0.3) is 0 Å². The van der Waals surface area contributed by atoms with Crippen LogP contribution in [-0.4, -0.2) is 49.7 Å². The lowest BCUT2D eigenvalue weighted by Crippen LogP contribution is -2.28. The fourth-order valence-corrected chi connectivity index (χ4v) is 4.01. The molecule has 0 aliphatic carbocycles. The number of hydrogen-bond acceptors (Lipinski definition) is 7. The summed E-state index contributed by atoms with van der Waals surface area (Å²) in [5, 5.41) is 22.5. The number of fused-ring (bicyclic) bond motifs is 2. The fraction of sp³-hybridized carbons (Fsp3) is 0.318. The van der Waals surface area contributed by atoms with Crippen molar-refractivity contribution in [3.8, 4) is 22.8 Å². The Labute approximate surface area is 183 Å². The highest BCUT2D eigenvalue weighted by molar-refractivity contribution is 5.75. The lowest BCUT2D eigenvalue weighted by atomic mass is 10.1. The minimum Gasteiger partial charge on any atom is -0.493 e. The summed E-state index contributed by atoms with van der Waals surface area (Å²) in [6, 6.07) is 4.64. The normalized spacial score (nSPS) is 14.4. The number of hydrogen-bond donors (Lipinski definition) is 2. The highest BCUT2D eigenvalue weighted by Gasteiger charge is 2.23. The molecule has 0 unspecified atom stereocenters. The molecule has 0 bridgehead atoms. The van der Waals surface area contributed by atoms with Gasteiger partial charge in [-0.1, -0.05) is 0 Å². The third-order valence-electron chi connectivity index (χ3n) is 5.66. The van der Waals surface area contributed by atoms with Gasteiger partial charge in [-0.15, -0.1) is 0 Å². The molecular formula is C22H23FN6O3. The number of aliphatic hydroxyl groups excluding tert-OH is 1. The summed E-state index contributed by atoms with van der Waals surface area (Å²) in [6.07, 6.45) is 3.78. The Morgan fingerprint density at radius 1 is 1.28 bits per heavy atom. The molecule has 9 nitrogen and oxygen atoms in total. The largest absolute Gasteiger partial charge is 0.493 e. The number of nitrogens with zero attached hydrogens (tertiary/aromatic N) is 5. The van der Waals surface area contributed by atoms with Crippen LogP contribution in [-0.2, 0) is 13.1 Å². The molecule has 166 valence electrons. The molecule has 5 rings (SSSR count). The van der Waals surface area contributed by atoms with Crippen molar-refractivity contribution in [2.45, 2.75) is 26.1 Å². The van der Waals surface area contributed by atoms with E-state index in [4.69, 9.17) is 14.6 Å². The standard InChI is InChI=1S/C22H23FN6O3/c1-13-17-9-24-5-6-28(17)27-21(13)14-7-18(22-19(31-2)10-26-29(22)11-14)32-20(12-30)16-4-3-15(23)8-25-16/h3-4,7-8,10-11,20,24,30H,5-6,9,12H2,1-2H3/t20-/m1/s1. The average molecular weight is 438 g/mol. The average Bonchev–Trinajstić information content (AvgIpc) is 3.39. The second-order valence-corrected chi connectivity index (χ2v) is 7.61. The van der Waals surface area contributed by atoms with Crippen LogP contribution in [0.25, 0.3) is 16.8 Å². The molecule has 2 N–H and O–H groups in total. The number of ether oxygens (including phenoxy) is 2. The molecule has 1 aliphatic heterocycles. The van der Waals surface area contributed by atoms with Crippen molar-refractivity contribution in [1.82, 2.24) is 29.7 Å². The van der Waals surface area contributed by atoms with Crippen LogP contribution in [0.15, 0.2) is 36.8 Å². The van der Waals surface area contributed by atoms with E-state index < -0.39 is 11.9 Å². The smallest absolute Gasteiger partial charge is 0.168 e. The molecule has 4 aromatic rings. The maximum Gasteiger partial charge on any atom is 0.168 e. The zero-order valence-corrected chi connectivity index (χ0v) is 17.7. The number of rotatable bonds is 6. The van der Waals surface area contributed by atoms with E-state index in [1.807, 2.05) is 16.9 Å². The van der Waals surface area contributed by atoms with Gasteiger partial charge < -0.3 is 19.9 Å². The third kappa shape index (κ3) is 3.47. The van der Waals surface area contributed by atoms with Gasteiger partial charge >= 0.3 is 0 Å². The molecular weight excluding hydrogens is 415 g/mol. The second-order valence-electron chi connectivity index (χ2n) is 7.61. The van der Waals surface area contributed by atoms with Gasteiger partial charge in [0.15, 0.2) is 23.1 Å². The number of aromatic nitrogens is 5. The van der Waals surface area contributed by atoms with Crippen molar-refractivity contribution < 1.29 is 19.0 Å². The molecule has 0 amide bonds. The van der Waals surface area contributed by atoms with Crippen LogP contribution < -0.4 is 14.8 Å². The fourth-order valence-electron chi connectivity index (χ4n) is 4.01. The van der Waals surface area contributed by atoms with E-state index in [1.165, 1.54) is 12.1 Å². The van der Waals surface area contributed by atoms with Crippen LogP contribution in [0.3, 0.4) is 0 Å². The Balaban J connectivity index is 1.62. The van der Waals surface area contributed by atoms with Crippen molar-refractivity contribution in [3.05, 3.63) is 59.6 Å². The summed E-state index contributed by atoms with van der Waals surface area (Å²) >= 11 is 0. The van der Waals surface area contributed by atoms with Crippen molar-refractivity contribution in [2.24, 2.45) is 0 Å². The van der Waals surface area contributed by atoms with Crippen molar-refractivity contribution >= 4 is 5.52 Å². The molecule has 0 radical (unpaired) electrons. The van der Waals surface area contributed by atoms with Crippen molar-refractivity contribution in [1.29, 1.82) is 0 Å². The Kier molecular flexibility index (Phi) is 5.24. The zero-order valence-electron chi connectivity index (χ0n) is 17.7. The maximum absolute atomic E-state index is 13.3. The van der Waals surface area contributed by atoms with Crippen LogP contribution in [0.4, 0.5) is 4.39 Å². The van der Waals surface area contributed by atoms with Crippen LogP contribution in [0.5, 0.6) is 11.5 Å². The Bertz CT molecular complexity index is 1270. The topological polar surface area (TPSA) is 98.7 Å². The molecule has 0 aromatic carbocycles. The summed E-state index contributed by atoms with van der Waals surface area (Å²) in [4.78, 5) is 4.06. The molecule has 4 aromatic heterocycles. The van der Waals surface area contributed by atoms with Gasteiger partial charge in [0.2, 0.25) is 0 Å². The molecule has 0 spiro atoms. The molecule has 0 saturated heterocycles. The van der Waals surface area contributed by atoms with Gasteiger partial charge in [0.1, 0.15) is 5.82 Å². The molecule has 32 heavy (non-hydrogen) atoms. The second kappa shape index (κ2) is 8.21. The quantitative estimate of drug-likeness (QED) is 0.476. The Morgan fingerprint density at radius 2 is 2.16 bits per heavy atom. The van der Waals surface area contributed by atoms with Crippen molar-refractivity contribution in [2.75, 3.05) is 20.3 Å². The summed E-state index contributed by atoms with van der Waals surface area (Å²) < 4.78 is 28.7. The van der Waals surface area contributed by atoms with Crippen LogP contribution in [0.1, 0.15) is 23.1 Å². The number of pyridine rings is 2. The SMILES string of the molecule is COc1cnn2cc(-c3nn4c(c3C)CNCC4)cc(O[C@H](CO)c3ccc(F)cn3)c12. The van der Waals surface area contributed by atoms with E-state index in [0.29, 0.717) is 22.7 Å². The first kappa shape index (κ1) is 20.4. The monoisotopic (exact) mass is 438 g/mol. The first-order valence-corrected chi connectivity index (χ1v) is 10.3. The van der Waals surface area contributed by atoms with E-state index >= 15 is 0 Å². The molecule has 10 heteroatoms. The van der Waals surface area contributed by atoms with E-state index in [1.54, 1.807) is 17.8 Å². The minimum atomic E-state index is -0.797. The predicted molar refractivity (Wildman–Crippen MR) is 114 cm³/mol. The summed E-state index contributed by atoms with van der Waals surface area (Å²) in [5.41, 5.74) is 4.92. The molecule has 1 aliphatic rings. The molecule has 0 saturated carbocycles. The highest BCUT2D eigenvalue weighted by atomic mass is 19.1. The van der Waals surface area contributed by atoms with Gasteiger partial charge in [-0.2, -0.15) is 10.2 Å². The third-order valence-corrected chi connectivity index (χ3v) is 5.66. The zero-order chi connectivity index (χ0) is 22.2. The summed E-state index contributed by atoms with van der Waals surface area (Å²) in [7, 11) is 1.56. The van der Waals surface area contributed by atoms with Gasteiger partial charge in [-0.25, -0.2) is 8.91 Å². The van der Waals surface area contributed by atoms with Crippen LogP contribution >= 0.6 is 0 Å². The predicted octanol–water partition coefficient (Wildman–Crippen LogP) is 2.26. The number of methoxy groups -OCH3 is 1. The number of aliphatic hydroxyl groups is 1. The summed E-state index contributed by atoms with van der Waals surface area (Å²) in [6.45, 7) is 4.16. The summed E-state index contributed by atoms with van der Waals surface area (Å²) in [5.74, 6) is 0.520. The molecule has 5 heterocycles. The Morgan fingerprint density at radius 3 is 2.88 bits per heavy atom. The van der Waals surface area contributed by atoms with Gasteiger partial charge in [-0.05, 0) is 30.7 Å². The van der Waals surface area contributed by atoms with Crippen molar-refractivity contribution in [3.63, 3.8) is 0 Å². The van der Waals surface area contributed by atoms with Gasteiger partial charge in [0.05, 0.1) is 49.7 Å². The maximum atomic E-state index is 13.3.